The molecule has 0 radical (unpaired) electrons. The fourth-order valence-electron chi connectivity index (χ4n) is 5.37. The summed E-state index contributed by atoms with van der Waals surface area (Å²) in [6, 6.07) is 23.6. The molecule has 12 heteroatoms. The Labute approximate surface area is 275 Å². The van der Waals surface area contributed by atoms with Gasteiger partial charge in [0.05, 0.1) is 23.8 Å². The zero-order chi connectivity index (χ0) is 32.1. The summed E-state index contributed by atoms with van der Waals surface area (Å²) in [4.78, 5) is 42.0. The molecule has 3 aromatic carbocycles. The van der Waals surface area contributed by atoms with E-state index in [1.165, 1.54) is 6.08 Å². The van der Waals surface area contributed by atoms with Gasteiger partial charge in [-0.25, -0.2) is 4.79 Å². The average Bonchev–Trinajstić information content (AvgIpc) is 3.55. The number of aromatic nitrogens is 2. The summed E-state index contributed by atoms with van der Waals surface area (Å²) in [7, 11) is 3.98. The fourth-order valence-corrected chi connectivity index (χ4v) is 5.37. The molecule has 1 aliphatic rings. The van der Waals surface area contributed by atoms with E-state index in [4.69, 9.17) is 0 Å². The van der Waals surface area contributed by atoms with Crippen LogP contribution < -0.4 is 21.3 Å². The third-order valence-corrected chi connectivity index (χ3v) is 7.75. The number of H-pyrrole nitrogens is 1. The number of fused-ring (bicyclic) bond motifs is 1. The minimum absolute atomic E-state index is 0. The minimum atomic E-state index is -0.606. The number of rotatable bonds is 10. The van der Waals surface area contributed by atoms with E-state index in [2.05, 4.69) is 42.9 Å². The van der Waals surface area contributed by atoms with Crippen molar-refractivity contribution in [2.45, 2.75) is 32.0 Å². The van der Waals surface area contributed by atoms with Crippen LogP contribution >= 0.6 is 13.5 Å². The highest BCUT2D eigenvalue weighted by Crippen LogP contribution is 2.41. The van der Waals surface area contributed by atoms with Crippen molar-refractivity contribution in [2.75, 3.05) is 36.6 Å². The molecule has 46 heavy (non-hydrogen) atoms. The van der Waals surface area contributed by atoms with Crippen molar-refractivity contribution in [1.82, 2.24) is 25.3 Å². The number of benzene rings is 3. The standard InChI is InChI=1S/C34H38N8O3.H2S/c1-6-29(43)35-26-14-10-13-23(19-26)32(44)37-25-17-15-24(16-18-25)36-31-27-20-42(34(2,3)30(27)39-40-31)33(45)38-28(21-41(4)5)22-11-8-7-9-12-22;/h6-19,28H,1,20-21H2,2-5H3,(H,35,43)(H,37,44)(H,38,45)(H2,36,39,40);1H2/t28-;/m1./s1. The smallest absolute Gasteiger partial charge is 0.319 e. The fraction of sp³-hybridized carbons (Fsp3) is 0.235. The van der Waals surface area contributed by atoms with Crippen molar-refractivity contribution < 1.29 is 14.4 Å². The van der Waals surface area contributed by atoms with Crippen molar-refractivity contribution in [3.05, 3.63) is 114 Å². The molecule has 240 valence electrons. The van der Waals surface area contributed by atoms with Crippen LogP contribution in [0, 0.1) is 0 Å². The van der Waals surface area contributed by atoms with Gasteiger partial charge >= 0.3 is 6.03 Å². The predicted molar refractivity (Wildman–Crippen MR) is 187 cm³/mol. The van der Waals surface area contributed by atoms with E-state index in [0.29, 0.717) is 35.8 Å². The lowest BCUT2D eigenvalue weighted by Gasteiger charge is -2.34. The van der Waals surface area contributed by atoms with Gasteiger partial charge in [-0.15, -0.1) is 0 Å². The molecule has 1 aliphatic heterocycles. The van der Waals surface area contributed by atoms with E-state index in [9.17, 15) is 14.4 Å². The van der Waals surface area contributed by atoms with Gasteiger partial charge in [-0.3, -0.25) is 14.7 Å². The van der Waals surface area contributed by atoms with Crippen molar-refractivity contribution in [3.8, 4) is 0 Å². The lowest BCUT2D eigenvalue weighted by Crippen LogP contribution is -2.48. The third-order valence-electron chi connectivity index (χ3n) is 7.75. The number of likely N-dealkylation sites (N-methyl/N-ethyl adjacent to an activating group) is 1. The lowest BCUT2D eigenvalue weighted by atomic mass is 10.0. The third kappa shape index (κ3) is 7.59. The molecule has 0 aliphatic carbocycles. The van der Waals surface area contributed by atoms with Gasteiger partial charge in [0.2, 0.25) is 5.91 Å². The van der Waals surface area contributed by atoms with Crippen LogP contribution in [0.4, 0.5) is 27.7 Å². The molecule has 1 aromatic heterocycles. The lowest BCUT2D eigenvalue weighted by molar-refractivity contribution is -0.111. The summed E-state index contributed by atoms with van der Waals surface area (Å²) in [6.45, 7) is 8.50. The van der Waals surface area contributed by atoms with Gasteiger partial charge < -0.3 is 31.1 Å². The van der Waals surface area contributed by atoms with Crippen molar-refractivity contribution in [1.29, 1.82) is 0 Å². The maximum Gasteiger partial charge on any atom is 0.319 e. The van der Waals surface area contributed by atoms with Gasteiger partial charge in [0.15, 0.2) is 5.82 Å². The number of hydrogen-bond acceptors (Lipinski definition) is 6. The molecule has 0 spiro atoms. The number of nitrogens with zero attached hydrogens (tertiary/aromatic N) is 3. The van der Waals surface area contributed by atoms with Gasteiger partial charge in [0.25, 0.3) is 5.91 Å². The predicted octanol–water partition coefficient (Wildman–Crippen LogP) is 5.71. The minimum Gasteiger partial charge on any atom is -0.338 e. The topological polar surface area (TPSA) is 134 Å². The molecule has 0 bridgehead atoms. The first-order valence-corrected chi connectivity index (χ1v) is 14.6. The number of amides is 4. The largest absolute Gasteiger partial charge is 0.338 e. The molecule has 5 N–H and O–H groups in total. The maximum absolute atomic E-state index is 13.7. The van der Waals surface area contributed by atoms with Crippen molar-refractivity contribution in [3.63, 3.8) is 0 Å². The number of carbonyl (C=O) groups excluding carboxylic acids is 3. The van der Waals surface area contributed by atoms with E-state index in [1.807, 2.05) is 75.3 Å². The van der Waals surface area contributed by atoms with Crippen molar-refractivity contribution in [2.24, 2.45) is 0 Å². The Kier molecular flexibility index (Phi) is 10.6. The molecule has 5 rings (SSSR count). The second-order valence-corrected chi connectivity index (χ2v) is 11.7. The number of hydrogen-bond donors (Lipinski definition) is 5. The van der Waals surface area contributed by atoms with Gasteiger partial charge in [0, 0.05) is 34.7 Å². The first kappa shape index (κ1) is 33.8. The molecule has 4 amide bonds. The first-order chi connectivity index (χ1) is 21.5. The summed E-state index contributed by atoms with van der Waals surface area (Å²) >= 11 is 0. The molecule has 0 saturated heterocycles. The van der Waals surface area contributed by atoms with E-state index in [1.54, 1.807) is 36.4 Å². The number of anilines is 4. The Hall–Kier alpha value is -5.07. The van der Waals surface area contributed by atoms with Gasteiger partial charge in [-0.05, 0) is 82.0 Å². The van der Waals surface area contributed by atoms with Crippen LogP contribution in [0.2, 0.25) is 0 Å². The van der Waals surface area contributed by atoms with Crippen LogP contribution in [-0.4, -0.2) is 58.5 Å². The zero-order valence-corrected chi connectivity index (χ0v) is 27.3. The molecular weight excluding hydrogens is 600 g/mol. The Morgan fingerprint density at radius 2 is 1.67 bits per heavy atom. The number of urea groups is 1. The highest BCUT2D eigenvalue weighted by Gasteiger charge is 2.44. The summed E-state index contributed by atoms with van der Waals surface area (Å²) in [5.41, 5.74) is 4.51. The monoisotopic (exact) mass is 640 g/mol. The Balaban J connectivity index is 0.00000480. The van der Waals surface area contributed by atoms with E-state index in [0.717, 1.165) is 22.5 Å². The molecule has 11 nitrogen and oxygen atoms in total. The zero-order valence-electron chi connectivity index (χ0n) is 26.3. The Morgan fingerprint density at radius 3 is 2.35 bits per heavy atom. The number of carbonyl (C=O) groups is 3. The Morgan fingerprint density at radius 1 is 0.978 bits per heavy atom. The Bertz CT molecular complexity index is 1700. The second-order valence-electron chi connectivity index (χ2n) is 11.7. The van der Waals surface area contributed by atoms with Crippen molar-refractivity contribution >= 4 is 54.2 Å². The quantitative estimate of drug-likeness (QED) is 0.141. The normalized spacial score (nSPS) is 13.6. The molecule has 1 atom stereocenters. The molecule has 0 fully saturated rings. The molecule has 2 heterocycles. The maximum atomic E-state index is 13.7. The van der Waals surface area contributed by atoms with Crippen LogP contribution in [0.5, 0.6) is 0 Å². The number of aromatic amines is 1. The molecule has 0 unspecified atom stereocenters. The van der Waals surface area contributed by atoms with Crippen LogP contribution in [-0.2, 0) is 16.9 Å². The van der Waals surface area contributed by atoms with Crippen LogP contribution in [0.15, 0.2) is 91.5 Å². The SMILES string of the molecule is C=CC(=O)Nc1cccc(C(=O)Nc2ccc(Nc3n[nH]c4c3CN(C(=O)N[C@H](CN(C)C)c3ccccc3)C4(C)C)cc2)c1.S. The van der Waals surface area contributed by atoms with E-state index < -0.39 is 5.54 Å². The van der Waals surface area contributed by atoms with Crippen LogP contribution in [0.25, 0.3) is 0 Å². The first-order valence-electron chi connectivity index (χ1n) is 14.6. The van der Waals surface area contributed by atoms with Crippen LogP contribution in [0.1, 0.15) is 47.1 Å². The molecule has 0 saturated carbocycles. The van der Waals surface area contributed by atoms with E-state index in [-0.39, 0.29) is 37.4 Å². The van der Waals surface area contributed by atoms with E-state index >= 15 is 0 Å². The molecular formula is C34H40N8O3S. The number of nitrogens with one attached hydrogen (secondary N) is 5. The summed E-state index contributed by atoms with van der Waals surface area (Å²) in [5, 5.41) is 19.8. The van der Waals surface area contributed by atoms with Gasteiger partial charge in [-0.1, -0.05) is 43.0 Å². The summed E-state index contributed by atoms with van der Waals surface area (Å²) in [6.07, 6.45) is 1.17. The van der Waals surface area contributed by atoms with Gasteiger partial charge in [0.1, 0.15) is 0 Å². The summed E-state index contributed by atoms with van der Waals surface area (Å²) < 4.78 is 0. The summed E-state index contributed by atoms with van der Waals surface area (Å²) in [5.74, 6) is -0.0258. The second kappa shape index (κ2) is 14.4. The van der Waals surface area contributed by atoms with Crippen LogP contribution in [0.3, 0.4) is 0 Å². The molecule has 4 aromatic rings. The highest BCUT2D eigenvalue weighted by atomic mass is 32.1. The van der Waals surface area contributed by atoms with Gasteiger partial charge in [-0.2, -0.15) is 18.6 Å². The average molecular weight is 641 g/mol. The highest BCUT2D eigenvalue weighted by molar-refractivity contribution is 7.59.